The molecule has 1 aliphatic heterocycles. The van der Waals surface area contributed by atoms with E-state index in [9.17, 15) is 4.39 Å². The molecule has 0 radical (unpaired) electrons. The minimum Gasteiger partial charge on any atom is -0.389 e. The van der Waals surface area contributed by atoms with Crippen LogP contribution >= 0.6 is 0 Å². The third-order valence-corrected chi connectivity index (χ3v) is 1.87. The van der Waals surface area contributed by atoms with Gasteiger partial charge in [0, 0.05) is 0 Å². The molecule has 1 rings (SSSR count). The van der Waals surface area contributed by atoms with Crippen molar-refractivity contribution in [3.05, 3.63) is 0 Å². The van der Waals surface area contributed by atoms with Gasteiger partial charge in [-0.05, 0) is 6.92 Å². The molecule has 0 saturated carbocycles. The van der Waals surface area contributed by atoms with E-state index >= 15 is 0 Å². The summed E-state index contributed by atoms with van der Waals surface area (Å²) >= 11 is 0. The standard InChI is InChI=1S/C6H12FNO3/c1-2-5(9)4(8)3(7)6(10)11-2/h2-6,9-10H,8H2,1H3/t2-,3+,4+,5-,6+/m1/s1. The van der Waals surface area contributed by atoms with Crippen molar-refractivity contribution < 1.29 is 19.3 Å². The second-order valence-electron chi connectivity index (χ2n) is 2.74. The highest BCUT2D eigenvalue weighted by Gasteiger charge is 2.40. The van der Waals surface area contributed by atoms with Crippen molar-refractivity contribution in [1.82, 2.24) is 0 Å². The fourth-order valence-electron chi connectivity index (χ4n) is 1.07. The molecule has 5 atom stereocenters. The lowest BCUT2D eigenvalue weighted by Gasteiger charge is -2.36. The first kappa shape index (κ1) is 8.86. The molecule has 4 N–H and O–H groups in total. The summed E-state index contributed by atoms with van der Waals surface area (Å²) in [7, 11) is 0. The van der Waals surface area contributed by atoms with Crippen LogP contribution < -0.4 is 5.73 Å². The Hall–Kier alpha value is -0.230. The summed E-state index contributed by atoms with van der Waals surface area (Å²) in [5.41, 5.74) is 5.24. The number of rotatable bonds is 0. The van der Waals surface area contributed by atoms with Gasteiger partial charge < -0.3 is 20.7 Å². The highest BCUT2D eigenvalue weighted by Crippen LogP contribution is 2.19. The Morgan fingerprint density at radius 3 is 2.55 bits per heavy atom. The highest BCUT2D eigenvalue weighted by atomic mass is 19.1. The van der Waals surface area contributed by atoms with Crippen LogP contribution in [0.15, 0.2) is 0 Å². The number of nitrogens with two attached hydrogens (primary N) is 1. The maximum atomic E-state index is 12.7. The maximum Gasteiger partial charge on any atom is 0.188 e. The average Bonchev–Trinajstić information content (AvgIpc) is 1.97. The summed E-state index contributed by atoms with van der Waals surface area (Å²) in [4.78, 5) is 0. The number of alkyl halides is 1. The van der Waals surface area contributed by atoms with Gasteiger partial charge in [0.05, 0.1) is 18.2 Å². The molecule has 5 heteroatoms. The van der Waals surface area contributed by atoms with Crippen molar-refractivity contribution in [1.29, 1.82) is 0 Å². The SMILES string of the molecule is C[C@H]1O[C@H](O)[C@@H](F)[C@H](N)[C@@H]1O. The van der Waals surface area contributed by atoms with E-state index in [0.29, 0.717) is 0 Å². The zero-order valence-electron chi connectivity index (χ0n) is 6.14. The van der Waals surface area contributed by atoms with Gasteiger partial charge in [0.1, 0.15) is 0 Å². The van der Waals surface area contributed by atoms with Gasteiger partial charge >= 0.3 is 0 Å². The van der Waals surface area contributed by atoms with Crippen LogP contribution in [0.3, 0.4) is 0 Å². The number of aliphatic hydroxyl groups is 2. The van der Waals surface area contributed by atoms with Crippen molar-refractivity contribution >= 4 is 0 Å². The second kappa shape index (κ2) is 3.02. The fraction of sp³-hybridized carbons (Fsp3) is 1.00. The van der Waals surface area contributed by atoms with Gasteiger partial charge in [-0.25, -0.2) is 4.39 Å². The minimum absolute atomic E-state index is 0.619. The Bertz CT molecular complexity index is 132. The number of hydrogen-bond donors (Lipinski definition) is 3. The van der Waals surface area contributed by atoms with Gasteiger partial charge in [0.25, 0.3) is 0 Å². The van der Waals surface area contributed by atoms with E-state index in [1.54, 1.807) is 0 Å². The molecule has 0 aromatic rings. The third-order valence-electron chi connectivity index (χ3n) is 1.87. The lowest BCUT2D eigenvalue weighted by atomic mass is 9.99. The van der Waals surface area contributed by atoms with Crippen LogP contribution in [0.2, 0.25) is 0 Å². The summed E-state index contributed by atoms with van der Waals surface area (Å²) < 4.78 is 17.4. The molecule has 0 aliphatic carbocycles. The molecule has 66 valence electrons. The lowest BCUT2D eigenvalue weighted by molar-refractivity contribution is -0.231. The van der Waals surface area contributed by atoms with E-state index in [1.807, 2.05) is 0 Å². The molecule has 1 fully saturated rings. The van der Waals surface area contributed by atoms with Gasteiger partial charge in [-0.2, -0.15) is 0 Å². The first-order valence-corrected chi connectivity index (χ1v) is 3.45. The molecule has 1 heterocycles. The number of hydrogen-bond acceptors (Lipinski definition) is 4. The molecule has 0 aromatic heterocycles. The molecule has 0 amide bonds. The van der Waals surface area contributed by atoms with E-state index in [1.165, 1.54) is 6.92 Å². The molecular formula is C6H12FNO3. The predicted octanol–water partition coefficient (Wildman–Crippen LogP) is -1.25. The maximum absolute atomic E-state index is 12.7. The molecule has 11 heavy (non-hydrogen) atoms. The summed E-state index contributed by atoms with van der Waals surface area (Å²) in [5.74, 6) is 0. The molecular weight excluding hydrogens is 153 g/mol. The van der Waals surface area contributed by atoms with Crippen LogP contribution in [0.4, 0.5) is 4.39 Å². The molecule has 0 aromatic carbocycles. The quantitative estimate of drug-likeness (QED) is 0.419. The van der Waals surface area contributed by atoms with E-state index in [0.717, 1.165) is 0 Å². The highest BCUT2D eigenvalue weighted by molar-refractivity contribution is 4.89. The molecule has 0 bridgehead atoms. The van der Waals surface area contributed by atoms with Gasteiger partial charge in [-0.15, -0.1) is 0 Å². The average molecular weight is 165 g/mol. The molecule has 0 unspecified atom stereocenters. The monoisotopic (exact) mass is 165 g/mol. The van der Waals surface area contributed by atoms with Gasteiger partial charge in [0.15, 0.2) is 12.5 Å². The Morgan fingerprint density at radius 1 is 1.45 bits per heavy atom. The number of ether oxygens (including phenoxy) is 1. The second-order valence-corrected chi connectivity index (χ2v) is 2.74. The van der Waals surface area contributed by atoms with E-state index in [4.69, 9.17) is 15.9 Å². The van der Waals surface area contributed by atoms with Crippen molar-refractivity contribution in [3.63, 3.8) is 0 Å². The summed E-state index contributed by atoms with van der Waals surface area (Å²) in [5, 5.41) is 18.0. The predicted molar refractivity (Wildman–Crippen MR) is 35.4 cm³/mol. The molecule has 1 aliphatic rings. The van der Waals surface area contributed by atoms with E-state index in [2.05, 4.69) is 4.74 Å². The zero-order valence-corrected chi connectivity index (χ0v) is 6.14. The number of halogens is 1. The Morgan fingerprint density at radius 2 is 2.00 bits per heavy atom. The Balaban J connectivity index is 2.63. The van der Waals surface area contributed by atoms with Gasteiger partial charge in [-0.3, -0.25) is 0 Å². The smallest absolute Gasteiger partial charge is 0.188 e. The first-order chi connectivity index (χ1) is 5.04. The largest absolute Gasteiger partial charge is 0.389 e. The Labute approximate surface area is 63.8 Å². The third kappa shape index (κ3) is 1.51. The fourth-order valence-corrected chi connectivity index (χ4v) is 1.07. The zero-order chi connectivity index (χ0) is 8.59. The summed E-state index contributed by atoms with van der Waals surface area (Å²) in [6.45, 7) is 1.53. The van der Waals surface area contributed by atoms with Crippen LogP contribution in [0, 0.1) is 0 Å². The van der Waals surface area contributed by atoms with Crippen LogP contribution in [0.1, 0.15) is 6.92 Å². The van der Waals surface area contributed by atoms with Gasteiger partial charge in [-0.1, -0.05) is 0 Å². The van der Waals surface area contributed by atoms with Crippen LogP contribution in [-0.2, 0) is 4.74 Å². The van der Waals surface area contributed by atoms with Crippen molar-refractivity contribution in [3.8, 4) is 0 Å². The van der Waals surface area contributed by atoms with Crippen LogP contribution in [0.5, 0.6) is 0 Å². The summed E-state index contributed by atoms with van der Waals surface area (Å²) in [6, 6.07) is -1.06. The summed E-state index contributed by atoms with van der Waals surface area (Å²) in [6.07, 6.45) is -4.88. The number of aliphatic hydroxyl groups excluding tert-OH is 2. The minimum atomic E-state index is -1.71. The topological polar surface area (TPSA) is 75.7 Å². The van der Waals surface area contributed by atoms with Crippen molar-refractivity contribution in [2.75, 3.05) is 0 Å². The van der Waals surface area contributed by atoms with Gasteiger partial charge in [0.2, 0.25) is 0 Å². The van der Waals surface area contributed by atoms with E-state index in [-0.39, 0.29) is 0 Å². The normalized spacial score (nSPS) is 52.6. The van der Waals surface area contributed by atoms with E-state index < -0.39 is 30.7 Å². The lowest BCUT2D eigenvalue weighted by Crippen LogP contribution is -2.58. The van der Waals surface area contributed by atoms with Crippen molar-refractivity contribution in [2.45, 2.75) is 37.6 Å². The molecule has 1 saturated heterocycles. The van der Waals surface area contributed by atoms with Crippen LogP contribution in [-0.4, -0.2) is 40.9 Å². The van der Waals surface area contributed by atoms with Crippen LogP contribution in [0.25, 0.3) is 0 Å². The Kier molecular flexibility index (Phi) is 2.43. The molecule has 4 nitrogen and oxygen atoms in total. The molecule has 0 spiro atoms. The first-order valence-electron chi connectivity index (χ1n) is 3.45. The van der Waals surface area contributed by atoms with Crippen molar-refractivity contribution in [2.24, 2.45) is 5.73 Å².